The summed E-state index contributed by atoms with van der Waals surface area (Å²) in [6.07, 6.45) is 8.57. The zero-order valence-electron chi connectivity index (χ0n) is 7.64. The van der Waals surface area contributed by atoms with Gasteiger partial charge in [0.15, 0.2) is 0 Å². The summed E-state index contributed by atoms with van der Waals surface area (Å²) >= 11 is 0. The largest absolute Gasteiger partial charge is 0.309 e. The average molecular weight is 212 g/mol. The standard InChI is InChI=1S/C9H17N.2ClH/c1-9-6-2-4-8(10-9)5-3-7-9;;/h8,10H,2-7H2,1H3;2*1H. The molecule has 0 aliphatic carbocycles. The van der Waals surface area contributed by atoms with Crippen LogP contribution in [-0.4, -0.2) is 11.6 Å². The van der Waals surface area contributed by atoms with Crippen LogP contribution in [0.3, 0.4) is 0 Å². The summed E-state index contributed by atoms with van der Waals surface area (Å²) in [4.78, 5) is 0. The van der Waals surface area contributed by atoms with E-state index in [9.17, 15) is 0 Å². The lowest BCUT2D eigenvalue weighted by molar-refractivity contribution is 0.158. The van der Waals surface area contributed by atoms with Crippen LogP contribution in [0.5, 0.6) is 0 Å². The van der Waals surface area contributed by atoms with Gasteiger partial charge in [-0.2, -0.15) is 0 Å². The van der Waals surface area contributed by atoms with E-state index in [4.69, 9.17) is 0 Å². The molecule has 0 spiro atoms. The molecule has 0 radical (unpaired) electrons. The molecule has 2 bridgehead atoms. The normalized spacial score (nSPS) is 39.2. The topological polar surface area (TPSA) is 12.0 Å². The van der Waals surface area contributed by atoms with Gasteiger partial charge in [-0.05, 0) is 32.6 Å². The van der Waals surface area contributed by atoms with Gasteiger partial charge in [0.2, 0.25) is 0 Å². The lowest BCUT2D eigenvalue weighted by Crippen LogP contribution is -2.54. The summed E-state index contributed by atoms with van der Waals surface area (Å²) in [5, 5.41) is 3.73. The fourth-order valence-corrected chi connectivity index (χ4v) is 2.53. The monoisotopic (exact) mass is 211 g/mol. The van der Waals surface area contributed by atoms with Crippen LogP contribution < -0.4 is 5.32 Å². The second-order valence-electron chi connectivity index (χ2n) is 4.19. The molecule has 2 aliphatic rings. The van der Waals surface area contributed by atoms with E-state index in [2.05, 4.69) is 12.2 Å². The van der Waals surface area contributed by atoms with Crippen molar-refractivity contribution in [3.8, 4) is 0 Å². The lowest BCUT2D eigenvalue weighted by atomic mass is 9.78. The maximum atomic E-state index is 3.73. The molecule has 2 rings (SSSR count). The molecule has 1 N–H and O–H groups in total. The number of hydrogen-bond acceptors (Lipinski definition) is 1. The van der Waals surface area contributed by atoms with Gasteiger partial charge < -0.3 is 5.32 Å². The first-order valence-electron chi connectivity index (χ1n) is 4.56. The van der Waals surface area contributed by atoms with Crippen molar-refractivity contribution in [1.29, 1.82) is 0 Å². The second kappa shape index (κ2) is 4.69. The van der Waals surface area contributed by atoms with Crippen LogP contribution in [0.15, 0.2) is 0 Å². The maximum absolute atomic E-state index is 3.73. The van der Waals surface area contributed by atoms with Crippen LogP contribution in [0.25, 0.3) is 0 Å². The van der Waals surface area contributed by atoms with Crippen molar-refractivity contribution in [3.63, 3.8) is 0 Å². The Morgan fingerprint density at radius 1 is 1.08 bits per heavy atom. The number of rotatable bonds is 0. The minimum absolute atomic E-state index is 0. The highest BCUT2D eigenvalue weighted by Crippen LogP contribution is 2.32. The number of halogens is 2. The summed E-state index contributed by atoms with van der Waals surface area (Å²) in [6.45, 7) is 2.39. The smallest absolute Gasteiger partial charge is 0.0155 e. The first-order valence-corrected chi connectivity index (χ1v) is 4.56. The minimum atomic E-state index is 0. The zero-order chi connectivity index (χ0) is 7.03. The fraction of sp³-hybridized carbons (Fsp3) is 1.00. The van der Waals surface area contributed by atoms with Crippen molar-refractivity contribution < 1.29 is 0 Å². The Morgan fingerprint density at radius 3 is 1.92 bits per heavy atom. The van der Waals surface area contributed by atoms with Gasteiger partial charge in [0.1, 0.15) is 0 Å². The van der Waals surface area contributed by atoms with Crippen molar-refractivity contribution in [1.82, 2.24) is 5.32 Å². The second-order valence-corrected chi connectivity index (χ2v) is 4.19. The molecule has 2 fully saturated rings. The molecule has 0 aromatic carbocycles. The van der Waals surface area contributed by atoms with Gasteiger partial charge in [-0.25, -0.2) is 0 Å². The maximum Gasteiger partial charge on any atom is 0.0155 e. The van der Waals surface area contributed by atoms with E-state index in [-0.39, 0.29) is 24.8 Å². The van der Waals surface area contributed by atoms with Gasteiger partial charge in [-0.3, -0.25) is 0 Å². The van der Waals surface area contributed by atoms with E-state index < -0.39 is 0 Å². The van der Waals surface area contributed by atoms with Crippen molar-refractivity contribution in [2.75, 3.05) is 0 Å². The third kappa shape index (κ3) is 2.51. The predicted molar refractivity (Wildman–Crippen MR) is 57.5 cm³/mol. The van der Waals surface area contributed by atoms with E-state index in [0.717, 1.165) is 6.04 Å². The molecule has 0 atom stereocenters. The Hall–Kier alpha value is 0.540. The van der Waals surface area contributed by atoms with Crippen molar-refractivity contribution >= 4 is 24.8 Å². The third-order valence-electron chi connectivity index (χ3n) is 3.11. The number of fused-ring (bicyclic) bond motifs is 2. The van der Waals surface area contributed by atoms with Gasteiger partial charge in [0, 0.05) is 11.6 Å². The Labute approximate surface area is 87.5 Å². The first-order chi connectivity index (χ1) is 4.79. The van der Waals surface area contributed by atoms with Gasteiger partial charge >= 0.3 is 0 Å². The number of hydrogen-bond donors (Lipinski definition) is 1. The predicted octanol–water partition coefficient (Wildman–Crippen LogP) is 2.91. The van der Waals surface area contributed by atoms with Crippen LogP contribution in [0, 0.1) is 0 Å². The Morgan fingerprint density at radius 2 is 1.58 bits per heavy atom. The average Bonchev–Trinajstić information content (AvgIpc) is 1.86. The molecular weight excluding hydrogens is 193 g/mol. The molecule has 1 nitrogen and oxygen atoms in total. The van der Waals surface area contributed by atoms with E-state index >= 15 is 0 Å². The van der Waals surface area contributed by atoms with Crippen LogP contribution >= 0.6 is 24.8 Å². The van der Waals surface area contributed by atoms with Crippen LogP contribution in [-0.2, 0) is 0 Å². The number of piperidine rings is 2. The summed E-state index contributed by atoms with van der Waals surface area (Å²) in [5.74, 6) is 0. The molecule has 0 saturated carbocycles. The Bertz CT molecular complexity index is 128. The highest BCUT2D eigenvalue weighted by atomic mass is 35.5. The van der Waals surface area contributed by atoms with Gasteiger partial charge in [0.05, 0.1) is 0 Å². The molecule has 2 heterocycles. The summed E-state index contributed by atoms with van der Waals surface area (Å²) in [6, 6.07) is 0.868. The summed E-state index contributed by atoms with van der Waals surface area (Å²) in [5.41, 5.74) is 0.529. The molecule has 2 saturated heterocycles. The molecular formula is C9H19Cl2N. The van der Waals surface area contributed by atoms with E-state index in [1.54, 1.807) is 0 Å². The van der Waals surface area contributed by atoms with Crippen molar-refractivity contribution in [3.05, 3.63) is 0 Å². The van der Waals surface area contributed by atoms with E-state index in [1.807, 2.05) is 0 Å². The first kappa shape index (κ1) is 12.5. The zero-order valence-corrected chi connectivity index (χ0v) is 9.27. The molecule has 0 amide bonds. The Balaban J connectivity index is 0.000000605. The third-order valence-corrected chi connectivity index (χ3v) is 3.11. The minimum Gasteiger partial charge on any atom is -0.309 e. The van der Waals surface area contributed by atoms with Crippen LogP contribution in [0.4, 0.5) is 0 Å². The molecule has 74 valence electrons. The highest BCUT2D eigenvalue weighted by molar-refractivity contribution is 5.85. The lowest BCUT2D eigenvalue weighted by Gasteiger charge is -2.44. The molecule has 0 aromatic heterocycles. The van der Waals surface area contributed by atoms with Gasteiger partial charge in [-0.1, -0.05) is 12.8 Å². The molecule has 0 unspecified atom stereocenters. The molecule has 3 heteroatoms. The van der Waals surface area contributed by atoms with Crippen molar-refractivity contribution in [2.45, 2.75) is 57.0 Å². The quantitative estimate of drug-likeness (QED) is 0.651. The van der Waals surface area contributed by atoms with E-state index in [0.29, 0.717) is 5.54 Å². The van der Waals surface area contributed by atoms with Gasteiger partial charge in [0.25, 0.3) is 0 Å². The SMILES string of the molecule is CC12CCCC(CCC1)N2.Cl.Cl. The number of nitrogens with one attached hydrogen (secondary N) is 1. The molecule has 0 aromatic rings. The highest BCUT2D eigenvalue weighted by Gasteiger charge is 2.33. The van der Waals surface area contributed by atoms with Gasteiger partial charge in [-0.15, -0.1) is 24.8 Å². The van der Waals surface area contributed by atoms with Crippen molar-refractivity contribution in [2.24, 2.45) is 0 Å². The van der Waals surface area contributed by atoms with Crippen LogP contribution in [0.2, 0.25) is 0 Å². The van der Waals surface area contributed by atoms with E-state index in [1.165, 1.54) is 38.5 Å². The summed E-state index contributed by atoms with van der Waals surface area (Å²) < 4.78 is 0. The Kier molecular flexibility index (Phi) is 4.90. The molecule has 12 heavy (non-hydrogen) atoms. The summed E-state index contributed by atoms with van der Waals surface area (Å²) in [7, 11) is 0. The molecule has 2 aliphatic heterocycles. The fourth-order valence-electron chi connectivity index (χ4n) is 2.53. The van der Waals surface area contributed by atoms with Crippen LogP contribution in [0.1, 0.15) is 45.4 Å².